The van der Waals surface area contributed by atoms with Crippen LogP contribution in [-0.2, 0) is 11.8 Å². The van der Waals surface area contributed by atoms with Crippen molar-refractivity contribution in [2.75, 3.05) is 44.2 Å². The summed E-state index contributed by atoms with van der Waals surface area (Å²) in [6.45, 7) is 4.89. The Morgan fingerprint density at radius 1 is 0.967 bits per heavy atom. The molecule has 0 radical (unpaired) electrons. The molecule has 0 spiro atoms. The first kappa shape index (κ1) is 19.0. The molecule has 8 nitrogen and oxygen atoms in total. The molecule has 1 unspecified atom stereocenters. The molecule has 1 atom stereocenters. The molecule has 2 aliphatic heterocycles. The number of hydrogen-bond donors (Lipinski definition) is 0. The van der Waals surface area contributed by atoms with Gasteiger partial charge in [-0.15, -0.1) is 0 Å². The smallest absolute Gasteiger partial charge is 0.244 e. The fourth-order valence-corrected chi connectivity index (χ4v) is 4.66. The van der Waals surface area contributed by atoms with E-state index in [4.69, 9.17) is 0 Å². The highest BCUT2D eigenvalue weighted by Crippen LogP contribution is 2.29. The number of piperazine rings is 1. The van der Waals surface area contributed by atoms with Crippen LogP contribution in [0.2, 0.25) is 0 Å². The number of anilines is 1. The molecule has 30 heavy (non-hydrogen) atoms. The van der Waals surface area contributed by atoms with Gasteiger partial charge in [0, 0.05) is 33.2 Å². The molecular formula is C22H27N7O. The van der Waals surface area contributed by atoms with E-state index in [0.717, 1.165) is 48.6 Å². The summed E-state index contributed by atoms with van der Waals surface area (Å²) in [6, 6.07) is 10.0. The van der Waals surface area contributed by atoms with Crippen LogP contribution in [0, 0.1) is 0 Å². The van der Waals surface area contributed by atoms with Crippen LogP contribution in [0.3, 0.4) is 0 Å². The average Bonchev–Trinajstić information content (AvgIpc) is 3.45. The number of rotatable bonds is 4. The number of carbonyl (C=O) groups excluding carboxylic acids is 1. The highest BCUT2D eigenvalue weighted by molar-refractivity contribution is 5.87. The summed E-state index contributed by atoms with van der Waals surface area (Å²) in [7, 11) is 1.89. The first-order chi connectivity index (χ1) is 14.7. The van der Waals surface area contributed by atoms with Gasteiger partial charge in [-0.25, -0.2) is 9.97 Å². The molecule has 2 aromatic heterocycles. The van der Waals surface area contributed by atoms with E-state index in [9.17, 15) is 4.79 Å². The molecule has 5 rings (SSSR count). The van der Waals surface area contributed by atoms with E-state index in [-0.39, 0.29) is 11.9 Å². The van der Waals surface area contributed by atoms with E-state index in [2.05, 4.69) is 37.0 Å². The zero-order valence-corrected chi connectivity index (χ0v) is 17.3. The van der Waals surface area contributed by atoms with E-state index in [0.29, 0.717) is 13.1 Å². The molecule has 0 bridgehead atoms. The van der Waals surface area contributed by atoms with E-state index < -0.39 is 0 Å². The molecule has 1 aromatic carbocycles. The maximum absolute atomic E-state index is 13.6. The first-order valence-corrected chi connectivity index (χ1v) is 10.7. The number of aryl methyl sites for hydroxylation is 1. The van der Waals surface area contributed by atoms with Crippen LogP contribution in [0.4, 0.5) is 5.82 Å². The highest BCUT2D eigenvalue weighted by atomic mass is 16.2. The lowest BCUT2D eigenvalue weighted by Gasteiger charge is -2.38. The molecule has 1 amide bonds. The Balaban J connectivity index is 1.33. The lowest BCUT2D eigenvalue weighted by atomic mass is 10.0. The largest absolute Gasteiger partial charge is 0.352 e. The predicted octanol–water partition coefficient (Wildman–Crippen LogP) is 1.85. The Hall–Kier alpha value is -3.00. The minimum atomic E-state index is -0.177. The fourth-order valence-electron chi connectivity index (χ4n) is 4.66. The van der Waals surface area contributed by atoms with Gasteiger partial charge in [-0.05, 0) is 31.5 Å². The molecule has 0 aliphatic carbocycles. The van der Waals surface area contributed by atoms with Crippen molar-refractivity contribution in [2.24, 2.45) is 7.05 Å². The van der Waals surface area contributed by atoms with Crippen LogP contribution in [0.5, 0.6) is 0 Å². The Morgan fingerprint density at radius 3 is 2.43 bits per heavy atom. The summed E-state index contributed by atoms with van der Waals surface area (Å²) in [5.74, 6) is 1.12. The monoisotopic (exact) mass is 405 g/mol. The Morgan fingerprint density at radius 2 is 1.70 bits per heavy atom. The van der Waals surface area contributed by atoms with Crippen molar-refractivity contribution in [3.8, 4) is 0 Å². The number of fused-ring (bicyclic) bond motifs is 1. The molecular weight excluding hydrogens is 378 g/mol. The van der Waals surface area contributed by atoms with Gasteiger partial charge in [0.25, 0.3) is 0 Å². The van der Waals surface area contributed by atoms with Gasteiger partial charge in [0.15, 0.2) is 5.65 Å². The molecule has 0 saturated carbocycles. The van der Waals surface area contributed by atoms with Gasteiger partial charge in [0.2, 0.25) is 5.91 Å². The summed E-state index contributed by atoms with van der Waals surface area (Å²) >= 11 is 0. The van der Waals surface area contributed by atoms with Gasteiger partial charge in [-0.3, -0.25) is 14.4 Å². The highest BCUT2D eigenvalue weighted by Gasteiger charge is 2.34. The molecule has 2 aliphatic rings. The third kappa shape index (κ3) is 3.41. The summed E-state index contributed by atoms with van der Waals surface area (Å²) in [5, 5.41) is 5.27. The lowest BCUT2D eigenvalue weighted by Crippen LogP contribution is -2.52. The van der Waals surface area contributed by atoms with Gasteiger partial charge < -0.3 is 9.80 Å². The van der Waals surface area contributed by atoms with Crippen molar-refractivity contribution in [3.05, 3.63) is 48.4 Å². The number of carbonyl (C=O) groups is 1. The standard InChI is InChI=1S/C22H27N7O/c1-26-20-18(15-25-26)21(24-16-23-20)28-11-13-29(14-12-28)22(30)19(27-9-5-6-10-27)17-7-3-2-4-8-17/h2-4,7-8,15-16,19H,5-6,9-14H2,1H3. The maximum atomic E-state index is 13.6. The molecule has 8 heteroatoms. The zero-order chi connectivity index (χ0) is 20.5. The molecule has 2 fully saturated rings. The molecule has 3 aromatic rings. The third-order valence-electron chi connectivity index (χ3n) is 6.25. The van der Waals surface area contributed by atoms with E-state index >= 15 is 0 Å². The zero-order valence-electron chi connectivity index (χ0n) is 17.3. The summed E-state index contributed by atoms with van der Waals surface area (Å²) in [5.41, 5.74) is 1.93. The second kappa shape index (κ2) is 8.02. The Bertz CT molecular complexity index is 1020. The topological polar surface area (TPSA) is 70.4 Å². The predicted molar refractivity (Wildman–Crippen MR) is 115 cm³/mol. The van der Waals surface area contributed by atoms with Crippen molar-refractivity contribution in [3.63, 3.8) is 0 Å². The number of aromatic nitrogens is 4. The summed E-state index contributed by atoms with van der Waals surface area (Å²) in [6.07, 6.45) is 5.75. The Labute approximate surface area is 176 Å². The lowest BCUT2D eigenvalue weighted by molar-refractivity contribution is -0.137. The fraction of sp³-hybridized carbons (Fsp3) is 0.455. The van der Waals surface area contributed by atoms with Gasteiger partial charge in [0.1, 0.15) is 18.2 Å². The second-order valence-electron chi connectivity index (χ2n) is 8.07. The van der Waals surface area contributed by atoms with Crippen molar-refractivity contribution in [1.82, 2.24) is 29.5 Å². The van der Waals surface area contributed by atoms with E-state index in [1.807, 2.05) is 36.3 Å². The number of benzene rings is 1. The van der Waals surface area contributed by atoms with Crippen LogP contribution < -0.4 is 4.90 Å². The van der Waals surface area contributed by atoms with Crippen LogP contribution in [0.1, 0.15) is 24.4 Å². The number of nitrogens with zero attached hydrogens (tertiary/aromatic N) is 7. The number of hydrogen-bond acceptors (Lipinski definition) is 6. The molecule has 4 heterocycles. The minimum absolute atomic E-state index is 0.177. The van der Waals surface area contributed by atoms with Crippen molar-refractivity contribution >= 4 is 22.8 Å². The average molecular weight is 406 g/mol. The molecule has 2 saturated heterocycles. The van der Waals surface area contributed by atoms with Crippen molar-refractivity contribution in [2.45, 2.75) is 18.9 Å². The quantitative estimate of drug-likeness (QED) is 0.660. The van der Waals surface area contributed by atoms with E-state index in [1.165, 1.54) is 12.8 Å². The first-order valence-electron chi connectivity index (χ1n) is 10.7. The van der Waals surface area contributed by atoms with Crippen molar-refractivity contribution < 1.29 is 4.79 Å². The van der Waals surface area contributed by atoms with Gasteiger partial charge in [-0.2, -0.15) is 5.10 Å². The minimum Gasteiger partial charge on any atom is -0.352 e. The molecule has 0 N–H and O–H groups in total. The van der Waals surface area contributed by atoms with E-state index in [1.54, 1.807) is 11.0 Å². The Kier molecular flexibility index (Phi) is 5.08. The maximum Gasteiger partial charge on any atom is 0.244 e. The van der Waals surface area contributed by atoms with Crippen LogP contribution in [-0.4, -0.2) is 74.7 Å². The second-order valence-corrected chi connectivity index (χ2v) is 8.07. The van der Waals surface area contributed by atoms with Gasteiger partial charge in [0.05, 0.1) is 11.6 Å². The molecule has 156 valence electrons. The number of likely N-dealkylation sites (tertiary alicyclic amines) is 1. The summed E-state index contributed by atoms with van der Waals surface area (Å²) in [4.78, 5) is 29.0. The third-order valence-corrected chi connectivity index (χ3v) is 6.25. The SMILES string of the molecule is Cn1ncc2c(N3CCN(C(=O)C(c4ccccc4)N4CCCC4)CC3)ncnc21. The van der Waals surface area contributed by atoms with Crippen LogP contribution in [0.15, 0.2) is 42.9 Å². The van der Waals surface area contributed by atoms with Crippen LogP contribution >= 0.6 is 0 Å². The normalized spacial score (nSPS) is 18.8. The van der Waals surface area contributed by atoms with Gasteiger partial charge in [-0.1, -0.05) is 30.3 Å². The van der Waals surface area contributed by atoms with Gasteiger partial charge >= 0.3 is 0 Å². The van der Waals surface area contributed by atoms with Crippen molar-refractivity contribution in [1.29, 1.82) is 0 Å². The van der Waals surface area contributed by atoms with Crippen LogP contribution in [0.25, 0.3) is 11.0 Å². The summed E-state index contributed by atoms with van der Waals surface area (Å²) < 4.78 is 1.76. The number of amides is 1.